The number of hydrogen-bond acceptors (Lipinski definition) is 4. The quantitative estimate of drug-likeness (QED) is 0.462. The molecule has 0 fully saturated rings. The van der Waals surface area contributed by atoms with Crippen LogP contribution in [0.1, 0.15) is 16.7 Å². The van der Waals surface area contributed by atoms with E-state index in [1.807, 2.05) is 48.5 Å². The normalized spacial score (nSPS) is 15.2. The molecule has 0 saturated carbocycles. The first-order chi connectivity index (χ1) is 16.9. The molecule has 1 heterocycles. The number of fused-ring (bicyclic) bond motifs is 1. The molecule has 3 aromatic rings. The largest absolute Gasteiger partial charge is 0.395 e. The number of rotatable bonds is 6. The number of thiocarbonyl (C=S) groups is 1. The Morgan fingerprint density at radius 2 is 1.80 bits per heavy atom. The molecule has 4 rings (SSSR count). The molecule has 180 valence electrons. The molecule has 1 aliphatic rings. The molecule has 1 unspecified atom stereocenters. The van der Waals surface area contributed by atoms with Gasteiger partial charge in [-0.25, -0.2) is 4.99 Å². The van der Waals surface area contributed by atoms with Crippen molar-refractivity contribution in [3.05, 3.63) is 99.5 Å². The van der Waals surface area contributed by atoms with Crippen molar-refractivity contribution in [3.8, 4) is 0 Å². The summed E-state index contributed by atoms with van der Waals surface area (Å²) in [6.45, 7) is 0.681. The van der Waals surface area contributed by atoms with E-state index in [1.165, 1.54) is 4.90 Å². The maximum atomic E-state index is 13.5. The van der Waals surface area contributed by atoms with Gasteiger partial charge in [-0.2, -0.15) is 0 Å². The van der Waals surface area contributed by atoms with Crippen LogP contribution in [0, 0.1) is 0 Å². The van der Waals surface area contributed by atoms with Gasteiger partial charge in [-0.3, -0.25) is 4.79 Å². The van der Waals surface area contributed by atoms with E-state index in [0.717, 1.165) is 5.56 Å². The predicted octanol–water partition coefficient (Wildman–Crippen LogP) is 4.50. The Labute approximate surface area is 219 Å². The van der Waals surface area contributed by atoms with Gasteiger partial charge in [0.15, 0.2) is 5.11 Å². The monoisotopic (exact) mass is 526 g/mol. The zero-order valence-corrected chi connectivity index (χ0v) is 21.3. The van der Waals surface area contributed by atoms with E-state index in [2.05, 4.69) is 5.32 Å². The maximum Gasteiger partial charge on any atom is 0.272 e. The van der Waals surface area contributed by atoms with Crippen LogP contribution in [0.3, 0.4) is 0 Å². The van der Waals surface area contributed by atoms with Gasteiger partial charge in [0, 0.05) is 41.3 Å². The second-order valence-electron chi connectivity index (χ2n) is 8.00. The van der Waals surface area contributed by atoms with Gasteiger partial charge in [0.1, 0.15) is 0 Å². The molecule has 1 atom stereocenters. The Morgan fingerprint density at radius 1 is 1.09 bits per heavy atom. The lowest BCUT2D eigenvalue weighted by molar-refractivity contribution is -0.119. The molecule has 6 nitrogen and oxygen atoms in total. The summed E-state index contributed by atoms with van der Waals surface area (Å²) in [5.41, 5.74) is 3.58. The Hall–Kier alpha value is -2.97. The van der Waals surface area contributed by atoms with E-state index in [0.29, 0.717) is 50.8 Å². The molecule has 0 spiro atoms. The van der Waals surface area contributed by atoms with Gasteiger partial charge in [-0.05, 0) is 42.0 Å². The van der Waals surface area contributed by atoms with Crippen LogP contribution in [-0.4, -0.2) is 53.1 Å². The third-order valence-electron chi connectivity index (χ3n) is 5.66. The van der Waals surface area contributed by atoms with Crippen molar-refractivity contribution >= 4 is 57.8 Å². The zero-order chi connectivity index (χ0) is 24.9. The number of likely N-dealkylation sites (N-methyl/N-ethyl adjacent to an activating group) is 1. The first-order valence-electron chi connectivity index (χ1n) is 11.0. The van der Waals surface area contributed by atoms with Crippen molar-refractivity contribution in [1.29, 1.82) is 0 Å². The van der Waals surface area contributed by atoms with Gasteiger partial charge in [0.2, 0.25) is 6.17 Å². The number of carbonyl (C=O) groups is 1. The zero-order valence-electron chi connectivity index (χ0n) is 19.0. The highest BCUT2D eigenvalue weighted by Crippen LogP contribution is 2.31. The van der Waals surface area contributed by atoms with E-state index >= 15 is 0 Å². The molecule has 1 amide bonds. The third-order valence-corrected chi connectivity index (χ3v) is 6.60. The maximum absolute atomic E-state index is 13.5. The summed E-state index contributed by atoms with van der Waals surface area (Å²) in [5.74, 6) is -0.290. The Kier molecular flexibility index (Phi) is 8.03. The fourth-order valence-corrected chi connectivity index (χ4v) is 4.56. The van der Waals surface area contributed by atoms with Crippen LogP contribution < -0.4 is 10.2 Å². The summed E-state index contributed by atoms with van der Waals surface area (Å²) in [4.78, 5) is 21.6. The Balaban J connectivity index is 1.73. The number of halogens is 2. The highest BCUT2D eigenvalue weighted by molar-refractivity contribution is 7.80. The minimum absolute atomic E-state index is 0.0920. The van der Waals surface area contributed by atoms with Gasteiger partial charge in [0.05, 0.1) is 18.0 Å². The second kappa shape index (κ2) is 11.2. The van der Waals surface area contributed by atoms with E-state index in [9.17, 15) is 9.90 Å². The lowest BCUT2D eigenvalue weighted by Crippen LogP contribution is -2.50. The minimum atomic E-state index is -1.01. The number of nitrogens with one attached hydrogen (secondary N) is 1. The molecule has 1 aliphatic heterocycles. The molecule has 9 heteroatoms. The average molecular weight is 527 g/mol. The lowest BCUT2D eigenvalue weighted by Gasteiger charge is -2.28. The van der Waals surface area contributed by atoms with Crippen molar-refractivity contribution in [1.82, 2.24) is 10.2 Å². The van der Waals surface area contributed by atoms with Crippen molar-refractivity contribution in [3.63, 3.8) is 0 Å². The molecule has 0 aliphatic carbocycles. The number of amides is 1. The van der Waals surface area contributed by atoms with Crippen LogP contribution >= 0.6 is 35.4 Å². The van der Waals surface area contributed by atoms with Crippen molar-refractivity contribution in [2.24, 2.45) is 4.99 Å². The number of carbonyl (C=O) groups excluding carboxylic acids is 1. The summed E-state index contributed by atoms with van der Waals surface area (Å²) in [5, 5.41) is 14.0. The van der Waals surface area contributed by atoms with Crippen LogP contribution in [0.2, 0.25) is 10.0 Å². The standard InChI is InChI=1S/C26H24Cl2N4O2S/c1-31-22-12-11-18(27)15-20(22)23(19-9-5-6-10-21(19)28)29-24(25(31)34)30-26(35)32(13-14-33)16-17-7-3-2-4-8-17/h2-12,15,24,33H,13-14,16H2,1H3,(H,30,35). The van der Waals surface area contributed by atoms with Crippen LogP contribution in [0.25, 0.3) is 0 Å². The van der Waals surface area contributed by atoms with Gasteiger partial charge >= 0.3 is 0 Å². The number of aliphatic imine (C=N–C) groups is 1. The van der Waals surface area contributed by atoms with Crippen molar-refractivity contribution in [2.75, 3.05) is 25.1 Å². The van der Waals surface area contributed by atoms with E-state index < -0.39 is 6.17 Å². The number of hydrogen-bond donors (Lipinski definition) is 2. The molecular weight excluding hydrogens is 503 g/mol. The summed E-state index contributed by atoms with van der Waals surface area (Å²) >= 11 is 18.5. The fraction of sp³-hybridized carbons (Fsp3) is 0.192. The molecule has 0 saturated heterocycles. The van der Waals surface area contributed by atoms with E-state index in [1.54, 1.807) is 36.2 Å². The molecule has 0 aromatic heterocycles. The lowest BCUT2D eigenvalue weighted by atomic mass is 10.00. The number of nitrogens with zero attached hydrogens (tertiary/aromatic N) is 3. The first-order valence-corrected chi connectivity index (χ1v) is 12.2. The molecule has 0 radical (unpaired) electrons. The van der Waals surface area contributed by atoms with Gasteiger partial charge in [-0.15, -0.1) is 0 Å². The predicted molar refractivity (Wildman–Crippen MR) is 145 cm³/mol. The number of aliphatic hydroxyl groups is 1. The summed E-state index contributed by atoms with van der Waals surface area (Å²) in [6, 6.07) is 22.4. The number of aliphatic hydroxyl groups excluding tert-OH is 1. The van der Waals surface area contributed by atoms with Gasteiger partial charge in [0.25, 0.3) is 5.91 Å². The van der Waals surface area contributed by atoms with Crippen LogP contribution in [0.15, 0.2) is 77.8 Å². The highest BCUT2D eigenvalue weighted by atomic mass is 35.5. The van der Waals surface area contributed by atoms with Crippen molar-refractivity contribution in [2.45, 2.75) is 12.7 Å². The topological polar surface area (TPSA) is 68.2 Å². The van der Waals surface area contributed by atoms with E-state index in [4.69, 9.17) is 40.4 Å². The number of benzene rings is 3. The molecule has 3 aromatic carbocycles. The third kappa shape index (κ3) is 5.65. The van der Waals surface area contributed by atoms with Crippen LogP contribution in [0.5, 0.6) is 0 Å². The number of anilines is 1. The van der Waals surface area contributed by atoms with Crippen molar-refractivity contribution < 1.29 is 9.90 Å². The summed E-state index contributed by atoms with van der Waals surface area (Å²) < 4.78 is 0. The average Bonchev–Trinajstić information content (AvgIpc) is 2.95. The molecule has 2 N–H and O–H groups in total. The SMILES string of the molecule is CN1C(=O)C(NC(=S)N(CCO)Cc2ccccc2)N=C(c2ccccc2Cl)c2cc(Cl)ccc21. The van der Waals surface area contributed by atoms with E-state index in [-0.39, 0.29) is 12.5 Å². The minimum Gasteiger partial charge on any atom is -0.395 e. The van der Waals surface area contributed by atoms with Crippen LogP contribution in [-0.2, 0) is 11.3 Å². The Bertz CT molecular complexity index is 1270. The molecular formula is C26H24Cl2N4O2S. The summed E-state index contributed by atoms with van der Waals surface area (Å²) in [7, 11) is 1.69. The number of benzodiazepines with no additional fused rings is 1. The second-order valence-corrected chi connectivity index (χ2v) is 9.23. The molecule has 0 bridgehead atoms. The molecule has 35 heavy (non-hydrogen) atoms. The van der Waals surface area contributed by atoms with Gasteiger partial charge in [-0.1, -0.05) is 71.7 Å². The summed E-state index contributed by atoms with van der Waals surface area (Å²) in [6.07, 6.45) is -1.01. The van der Waals surface area contributed by atoms with Gasteiger partial charge < -0.3 is 20.2 Å². The Morgan fingerprint density at radius 3 is 2.51 bits per heavy atom. The smallest absolute Gasteiger partial charge is 0.272 e. The van der Waals surface area contributed by atoms with Crippen LogP contribution in [0.4, 0.5) is 5.69 Å². The first kappa shape index (κ1) is 25.1. The fourth-order valence-electron chi connectivity index (χ4n) is 3.89. The highest BCUT2D eigenvalue weighted by Gasteiger charge is 2.32.